The lowest BCUT2D eigenvalue weighted by Gasteiger charge is -2.34. The fourth-order valence-corrected chi connectivity index (χ4v) is 12.9. The molecule has 11 aromatic rings. The number of ether oxygens (including phenoxy) is 3. The summed E-state index contributed by atoms with van der Waals surface area (Å²) in [4.78, 5) is 102. The highest BCUT2D eigenvalue weighted by molar-refractivity contribution is 7.80. The quantitative estimate of drug-likeness (QED) is 0.0292. The minimum Gasteiger partial charge on any atom is -0.456 e. The Morgan fingerprint density at radius 3 is 1.38 bits per heavy atom. The van der Waals surface area contributed by atoms with E-state index in [1.54, 1.807) is 139 Å². The van der Waals surface area contributed by atoms with Crippen molar-refractivity contribution in [3.63, 3.8) is 0 Å². The molecule has 31 heteroatoms. The zero-order chi connectivity index (χ0) is 78.7. The number of rotatable bonds is 19. The number of anilines is 7. The van der Waals surface area contributed by atoms with Crippen molar-refractivity contribution in [3.05, 3.63) is 281 Å². The predicted octanol–water partition coefficient (Wildman–Crippen LogP) is 13.3. The minimum absolute atomic E-state index is 0.0389. The van der Waals surface area contributed by atoms with Crippen LogP contribution in [0.4, 0.5) is 49.1 Å². The number of aromatic nitrogens is 6. The van der Waals surface area contributed by atoms with Crippen molar-refractivity contribution >= 4 is 116 Å². The lowest BCUT2D eigenvalue weighted by Crippen LogP contribution is -2.48. The first-order valence-electron chi connectivity index (χ1n) is 36.1. The molecule has 1 atom stereocenters. The van der Waals surface area contributed by atoms with Gasteiger partial charge in [0, 0.05) is 142 Å². The molecule has 0 radical (unpaired) electrons. The van der Waals surface area contributed by atoms with E-state index in [-0.39, 0.29) is 45.8 Å². The van der Waals surface area contributed by atoms with Gasteiger partial charge >= 0.3 is 0 Å². The van der Waals surface area contributed by atoms with Gasteiger partial charge < -0.3 is 71.0 Å². The first kappa shape index (κ1) is 77.9. The second-order valence-corrected chi connectivity index (χ2v) is 27.4. The Hall–Kier alpha value is -13.2. The summed E-state index contributed by atoms with van der Waals surface area (Å²) in [5.41, 5.74) is 1.30. The SMILES string of the molecule is CN1CCN(C(=S)Nc2cc(Oc3ccc(NC(=O)c4cccn(-c5ccccc5)c4=O)cc3F)ccn2)CC1.O=C(Nc1ccc(Oc2ccnc(NC(=S)N3CCCC3)c2)cn1)C1CCN(c2ccccc2)C1=O.O=C(Nc1ccc(Oc2ccnc(NC(=S)NC3CC3)c2)c(F)c1)c1cccn(-c2ccccc2)c1=O. The Morgan fingerprint density at radius 2 is 0.912 bits per heavy atom. The number of hydrogen-bond acceptors (Lipinski definition) is 17. The van der Waals surface area contributed by atoms with Gasteiger partial charge in [-0.15, -0.1) is 0 Å². The molecule has 6 aromatic heterocycles. The third-order valence-corrected chi connectivity index (χ3v) is 19.0. The molecule has 113 heavy (non-hydrogen) atoms. The fraction of sp³-hybridized carbons (Fsp3) is 0.183. The molecule has 7 N–H and O–H groups in total. The summed E-state index contributed by atoms with van der Waals surface area (Å²) < 4.78 is 49.8. The normalized spacial score (nSPS) is 14.3. The van der Waals surface area contributed by atoms with Crippen LogP contribution in [-0.2, 0) is 9.59 Å². The summed E-state index contributed by atoms with van der Waals surface area (Å²) in [6.45, 7) is 5.90. The van der Waals surface area contributed by atoms with E-state index < -0.39 is 40.5 Å². The van der Waals surface area contributed by atoms with Crippen LogP contribution >= 0.6 is 36.7 Å². The van der Waals surface area contributed by atoms with Crippen LogP contribution in [0.1, 0.15) is 52.8 Å². The molecule has 4 aliphatic rings. The molecule has 1 aliphatic carbocycles. The molecule has 1 saturated carbocycles. The van der Waals surface area contributed by atoms with Gasteiger partial charge in [0.05, 0.1) is 6.20 Å². The van der Waals surface area contributed by atoms with Crippen molar-refractivity contribution in [3.8, 4) is 45.9 Å². The molecule has 0 bridgehead atoms. The molecule has 5 aromatic carbocycles. The van der Waals surface area contributed by atoms with Crippen molar-refractivity contribution in [2.75, 3.05) is 89.7 Å². The van der Waals surface area contributed by atoms with Crippen LogP contribution in [0.5, 0.6) is 34.5 Å². The second-order valence-electron chi connectivity index (χ2n) is 26.3. The van der Waals surface area contributed by atoms with Crippen LogP contribution in [0.15, 0.2) is 247 Å². The Morgan fingerprint density at radius 1 is 0.442 bits per heavy atom. The van der Waals surface area contributed by atoms with Crippen LogP contribution in [0.3, 0.4) is 0 Å². The van der Waals surface area contributed by atoms with Crippen molar-refractivity contribution < 1.29 is 42.2 Å². The molecule has 26 nitrogen and oxygen atoms in total. The van der Waals surface area contributed by atoms with Gasteiger partial charge in [-0.3, -0.25) is 37.9 Å². The Balaban J connectivity index is 0.000000148. The minimum atomic E-state index is -0.739. The van der Waals surface area contributed by atoms with Gasteiger partial charge in [0.1, 0.15) is 63.3 Å². The Bertz CT molecular complexity index is 5410. The largest absolute Gasteiger partial charge is 0.456 e. The van der Waals surface area contributed by atoms with E-state index in [9.17, 15) is 37.5 Å². The standard InChI is InChI=1S/C29H27FN6O3S.C27H22FN5O3S.C26H26N6O3S/c1-34-14-16-35(17-15-34)29(40)33-26-19-22(11-12-31-26)39-25-10-9-20(18-24(25)30)32-27(37)23-8-5-13-36(28(23)38)21-6-3-2-4-7-21;28-22-15-18(30-25(34)21-7-4-14-33(26(21)35)19-5-2-1-3-6-19)10-11-23(22)36-20-12-13-29-24(16-20)32-27(37)31-17-8-9-17;33-24(21-11-15-32(25(21)34)18-6-2-1-3-7-18)29-22-9-8-20(17-28-22)35-19-10-12-27-23(16-19)30-26(36)31-13-4-5-14-31/h2-13,18-19H,14-17H2,1H3,(H,32,37)(H,31,33,40);1-7,10-17H,8-9H2,(H,30,34)(H2,29,31,32,37);1-3,6-10,12,16-17,21H,4-5,11,13-15H2,(H,27,30,36)(H,28,29,33). The number of carbonyl (C=O) groups is 4. The number of amides is 4. The van der Waals surface area contributed by atoms with E-state index >= 15 is 0 Å². The number of likely N-dealkylation sites (tertiary alicyclic amines) is 1. The van der Waals surface area contributed by atoms with Crippen molar-refractivity contribution in [1.29, 1.82) is 0 Å². The summed E-state index contributed by atoms with van der Waals surface area (Å²) in [5, 5.41) is 22.0. The number of piperazine rings is 1. The average molecular weight is 1580 g/mol. The number of benzene rings is 5. The van der Waals surface area contributed by atoms with Crippen LogP contribution in [-0.4, -0.2) is 142 Å². The third-order valence-electron chi connectivity index (χ3n) is 18.1. The van der Waals surface area contributed by atoms with Crippen molar-refractivity contribution in [2.24, 2.45) is 5.92 Å². The molecule has 9 heterocycles. The molecule has 3 saturated heterocycles. The van der Waals surface area contributed by atoms with Crippen LogP contribution < -0.4 is 67.4 Å². The molecule has 15 rings (SSSR count). The van der Waals surface area contributed by atoms with Gasteiger partial charge in [-0.25, -0.2) is 28.7 Å². The van der Waals surface area contributed by atoms with E-state index in [2.05, 4.69) is 78.9 Å². The number of pyridine rings is 6. The summed E-state index contributed by atoms with van der Waals surface area (Å²) >= 11 is 16.2. The molecule has 3 aliphatic heterocycles. The molecular weight excluding hydrogens is 1500 g/mol. The zero-order valence-corrected chi connectivity index (χ0v) is 63.2. The van der Waals surface area contributed by atoms with Gasteiger partial charge in [0.25, 0.3) is 22.9 Å². The number of thiocarbonyl (C=S) groups is 3. The van der Waals surface area contributed by atoms with Gasteiger partial charge in [-0.05, 0) is 191 Å². The van der Waals surface area contributed by atoms with Crippen LogP contribution in [0.25, 0.3) is 11.4 Å². The maximum absolute atomic E-state index is 14.9. The average Bonchev–Trinajstić information content (AvgIpc) is 1.80. The predicted molar refractivity (Wildman–Crippen MR) is 440 cm³/mol. The monoisotopic (exact) mass is 1580 g/mol. The lowest BCUT2D eigenvalue weighted by molar-refractivity contribution is -0.129. The van der Waals surface area contributed by atoms with Gasteiger partial charge in [0.15, 0.2) is 38.5 Å². The van der Waals surface area contributed by atoms with Crippen molar-refractivity contribution in [1.82, 2.24) is 49.1 Å². The first-order valence-corrected chi connectivity index (χ1v) is 37.3. The number of hydrogen-bond donors (Lipinski definition) is 7. The first-order chi connectivity index (χ1) is 54.9. The summed E-state index contributed by atoms with van der Waals surface area (Å²) in [5.74, 6) is -0.369. The van der Waals surface area contributed by atoms with Gasteiger partial charge in [-0.2, -0.15) is 0 Å². The molecule has 4 amide bonds. The van der Waals surface area contributed by atoms with Crippen LogP contribution in [0, 0.1) is 17.6 Å². The smallest absolute Gasteiger partial charge is 0.267 e. The van der Waals surface area contributed by atoms with E-state index in [1.165, 1.54) is 57.9 Å². The molecule has 4 fully saturated rings. The van der Waals surface area contributed by atoms with E-state index in [1.807, 2.05) is 42.5 Å². The zero-order valence-electron chi connectivity index (χ0n) is 60.8. The van der Waals surface area contributed by atoms with E-state index in [0.29, 0.717) is 92.0 Å². The fourth-order valence-electron chi connectivity index (χ4n) is 12.0. The second kappa shape index (κ2) is 37.0. The number of para-hydroxylation sites is 3. The number of carbonyl (C=O) groups excluding carboxylic acids is 4. The van der Waals surface area contributed by atoms with Gasteiger partial charge in [-0.1, -0.05) is 54.6 Å². The number of halogens is 2. The highest BCUT2D eigenvalue weighted by Crippen LogP contribution is 2.32. The van der Waals surface area contributed by atoms with E-state index in [4.69, 9.17) is 50.9 Å². The van der Waals surface area contributed by atoms with Gasteiger partial charge in [0.2, 0.25) is 11.8 Å². The summed E-state index contributed by atoms with van der Waals surface area (Å²) in [7, 11) is 2.07. The Kier molecular flexibility index (Phi) is 25.5. The van der Waals surface area contributed by atoms with Crippen LogP contribution in [0.2, 0.25) is 0 Å². The summed E-state index contributed by atoms with van der Waals surface area (Å²) in [6, 6.07) is 55.1. The summed E-state index contributed by atoms with van der Waals surface area (Å²) in [6.07, 6.45) is 14.3. The number of nitrogens with zero attached hydrogens (tertiary/aromatic N) is 10. The Labute approximate surface area is 663 Å². The molecule has 0 spiro atoms. The molecule has 574 valence electrons. The topological polar surface area (TPSA) is 289 Å². The highest BCUT2D eigenvalue weighted by atomic mass is 32.1. The maximum Gasteiger partial charge on any atom is 0.267 e. The number of likely N-dealkylation sites (N-methyl/N-ethyl adjacent to an activating group) is 1. The lowest BCUT2D eigenvalue weighted by atomic mass is 10.1. The third kappa shape index (κ3) is 21.0. The number of nitrogens with one attached hydrogen (secondary N) is 7. The molecule has 1 unspecified atom stereocenters. The maximum atomic E-state index is 14.9. The highest BCUT2D eigenvalue weighted by Gasteiger charge is 2.38. The molecular formula is C82H75F2N17O9S3. The van der Waals surface area contributed by atoms with E-state index in [0.717, 1.165) is 82.8 Å². The van der Waals surface area contributed by atoms with Crippen molar-refractivity contribution in [2.45, 2.75) is 38.1 Å².